The quantitative estimate of drug-likeness (QED) is 0.358. The van der Waals surface area contributed by atoms with Crippen molar-refractivity contribution in [2.75, 3.05) is 14.2 Å². The van der Waals surface area contributed by atoms with Crippen LogP contribution in [0.4, 0.5) is 0 Å². The number of methoxy groups -OCH3 is 2. The van der Waals surface area contributed by atoms with Gasteiger partial charge in [0.25, 0.3) is 0 Å². The number of ether oxygens (including phenoxy) is 2. The molecule has 0 fully saturated rings. The molecule has 0 heterocycles. The highest BCUT2D eigenvalue weighted by Crippen LogP contribution is 1.92. The smallest absolute Gasteiger partial charge is 0.149 e. The minimum absolute atomic E-state index is 0.0139. The maximum absolute atomic E-state index is 4.83. The number of rotatable bonds is 3. The Labute approximate surface area is 45.2 Å². The molecule has 0 N–H and O–H groups in total. The molecular formula is C4H11BO2. The van der Waals surface area contributed by atoms with Crippen LogP contribution in [0.15, 0.2) is 0 Å². The largest absolute Gasteiger partial charge is 0.357 e. The monoisotopic (exact) mass is 102 g/mol. The Kier molecular flexibility index (Phi) is 4.14. The molecule has 0 aromatic heterocycles. The van der Waals surface area contributed by atoms with Gasteiger partial charge in [0.2, 0.25) is 0 Å². The van der Waals surface area contributed by atoms with Gasteiger partial charge < -0.3 is 9.47 Å². The van der Waals surface area contributed by atoms with E-state index in [0.717, 1.165) is 6.32 Å². The van der Waals surface area contributed by atoms with Crippen LogP contribution in [0.5, 0.6) is 0 Å². The van der Waals surface area contributed by atoms with Gasteiger partial charge in [-0.3, -0.25) is 0 Å². The van der Waals surface area contributed by atoms with Gasteiger partial charge in [-0.05, 0) is 6.32 Å². The van der Waals surface area contributed by atoms with Crippen molar-refractivity contribution >= 4 is 7.85 Å². The summed E-state index contributed by atoms with van der Waals surface area (Å²) < 4.78 is 9.65. The third-order valence-electron chi connectivity index (χ3n) is 0.859. The molecule has 0 bridgehead atoms. The maximum atomic E-state index is 4.83. The van der Waals surface area contributed by atoms with E-state index in [1.54, 1.807) is 14.2 Å². The van der Waals surface area contributed by atoms with Gasteiger partial charge in [0, 0.05) is 14.2 Å². The molecule has 0 unspecified atom stereocenters. The Morgan fingerprint density at radius 2 is 1.86 bits per heavy atom. The van der Waals surface area contributed by atoms with Crippen molar-refractivity contribution in [3.63, 3.8) is 0 Å². The predicted molar refractivity (Wildman–Crippen MR) is 31.2 cm³/mol. The van der Waals surface area contributed by atoms with Crippen LogP contribution in [0.3, 0.4) is 0 Å². The SMILES string of the molecule is BCC(OC)OC. The predicted octanol–water partition coefficient (Wildman–Crippen LogP) is -0.343. The van der Waals surface area contributed by atoms with E-state index in [2.05, 4.69) is 0 Å². The zero-order chi connectivity index (χ0) is 5.70. The van der Waals surface area contributed by atoms with Gasteiger partial charge in [0.1, 0.15) is 14.1 Å². The van der Waals surface area contributed by atoms with Crippen LogP contribution in [0.1, 0.15) is 0 Å². The van der Waals surface area contributed by atoms with E-state index in [4.69, 9.17) is 9.47 Å². The van der Waals surface area contributed by atoms with Gasteiger partial charge in [0.15, 0.2) is 0 Å². The van der Waals surface area contributed by atoms with Crippen molar-refractivity contribution < 1.29 is 9.47 Å². The van der Waals surface area contributed by atoms with E-state index in [0.29, 0.717) is 0 Å². The zero-order valence-electron chi connectivity index (χ0n) is 5.10. The maximum Gasteiger partial charge on any atom is 0.149 e. The van der Waals surface area contributed by atoms with Gasteiger partial charge in [-0.15, -0.1) is 0 Å². The summed E-state index contributed by atoms with van der Waals surface area (Å²) in [4.78, 5) is 0. The minimum Gasteiger partial charge on any atom is -0.357 e. The van der Waals surface area contributed by atoms with E-state index in [9.17, 15) is 0 Å². The first kappa shape index (κ1) is 6.98. The fraction of sp³-hybridized carbons (Fsp3) is 1.00. The third-order valence-corrected chi connectivity index (χ3v) is 0.859. The Balaban J connectivity index is 2.99. The molecule has 0 aliphatic heterocycles. The van der Waals surface area contributed by atoms with Crippen molar-refractivity contribution in [3.05, 3.63) is 0 Å². The molecule has 0 spiro atoms. The minimum atomic E-state index is -0.0139. The highest BCUT2D eigenvalue weighted by atomic mass is 16.7. The second-order valence-electron chi connectivity index (χ2n) is 1.31. The van der Waals surface area contributed by atoms with Crippen molar-refractivity contribution in [1.29, 1.82) is 0 Å². The molecule has 0 aromatic rings. The summed E-state index contributed by atoms with van der Waals surface area (Å²) in [5, 5.41) is 0. The normalized spacial score (nSPS) is 10.1. The molecule has 0 amide bonds. The van der Waals surface area contributed by atoms with Gasteiger partial charge in [-0.2, -0.15) is 0 Å². The average Bonchev–Trinajstić information content (AvgIpc) is 1.72. The third kappa shape index (κ3) is 2.65. The zero-order valence-corrected chi connectivity index (χ0v) is 5.10. The van der Waals surface area contributed by atoms with Crippen molar-refractivity contribution in [3.8, 4) is 0 Å². The standard InChI is InChI=1S/C4H11BO2/c1-6-4(3-5)7-2/h4H,3,5H2,1-2H3. The molecular weight excluding hydrogens is 90.9 g/mol. The van der Waals surface area contributed by atoms with Gasteiger partial charge in [-0.25, -0.2) is 0 Å². The van der Waals surface area contributed by atoms with E-state index in [1.165, 1.54) is 0 Å². The Hall–Kier alpha value is -0.0151. The van der Waals surface area contributed by atoms with Crippen LogP contribution in [0, 0.1) is 0 Å². The molecule has 0 aliphatic rings. The lowest BCUT2D eigenvalue weighted by atomic mass is 10.1. The van der Waals surface area contributed by atoms with Gasteiger partial charge in [0.05, 0.1) is 0 Å². The molecule has 42 valence electrons. The first-order valence-electron chi connectivity index (χ1n) is 2.40. The molecule has 0 saturated carbocycles. The first-order chi connectivity index (χ1) is 3.35. The van der Waals surface area contributed by atoms with Crippen LogP contribution in [0.25, 0.3) is 0 Å². The van der Waals surface area contributed by atoms with E-state index >= 15 is 0 Å². The highest BCUT2D eigenvalue weighted by Gasteiger charge is 1.96. The molecule has 0 atom stereocenters. The Morgan fingerprint density at radius 1 is 1.43 bits per heavy atom. The van der Waals surface area contributed by atoms with Crippen LogP contribution in [0.2, 0.25) is 6.32 Å². The second kappa shape index (κ2) is 4.15. The van der Waals surface area contributed by atoms with E-state index < -0.39 is 0 Å². The van der Waals surface area contributed by atoms with E-state index in [-0.39, 0.29) is 6.29 Å². The molecule has 3 heteroatoms. The number of hydrogen-bond acceptors (Lipinski definition) is 2. The van der Waals surface area contributed by atoms with Crippen molar-refractivity contribution in [2.45, 2.75) is 12.6 Å². The van der Waals surface area contributed by atoms with Crippen molar-refractivity contribution in [2.24, 2.45) is 0 Å². The van der Waals surface area contributed by atoms with Gasteiger partial charge in [-0.1, -0.05) is 0 Å². The second-order valence-corrected chi connectivity index (χ2v) is 1.31. The molecule has 0 rings (SSSR count). The van der Waals surface area contributed by atoms with Gasteiger partial charge >= 0.3 is 0 Å². The lowest BCUT2D eigenvalue weighted by molar-refractivity contribution is -0.0871. The summed E-state index contributed by atoms with van der Waals surface area (Å²) in [7, 11) is 5.28. The van der Waals surface area contributed by atoms with Crippen LogP contribution in [-0.2, 0) is 9.47 Å². The Bertz CT molecular complexity index is 31.2. The topological polar surface area (TPSA) is 18.5 Å². The fourth-order valence-electron chi connectivity index (χ4n) is 0.430. The molecule has 0 saturated heterocycles. The average molecular weight is 102 g/mol. The first-order valence-corrected chi connectivity index (χ1v) is 2.40. The van der Waals surface area contributed by atoms with Crippen LogP contribution in [-0.4, -0.2) is 28.4 Å². The van der Waals surface area contributed by atoms with Crippen molar-refractivity contribution in [1.82, 2.24) is 0 Å². The number of hydrogen-bond donors (Lipinski definition) is 0. The molecule has 7 heavy (non-hydrogen) atoms. The lowest BCUT2D eigenvalue weighted by Crippen LogP contribution is -2.10. The highest BCUT2D eigenvalue weighted by molar-refractivity contribution is 6.08. The van der Waals surface area contributed by atoms with Crippen LogP contribution >= 0.6 is 0 Å². The molecule has 0 radical (unpaired) electrons. The lowest BCUT2D eigenvalue weighted by Gasteiger charge is -2.08. The Morgan fingerprint density at radius 3 is 1.86 bits per heavy atom. The summed E-state index contributed by atoms with van der Waals surface area (Å²) in [6.07, 6.45) is 0.896. The summed E-state index contributed by atoms with van der Waals surface area (Å²) in [5.41, 5.74) is 0. The van der Waals surface area contributed by atoms with E-state index in [1.807, 2.05) is 7.85 Å². The summed E-state index contributed by atoms with van der Waals surface area (Å²) in [6, 6.07) is 0. The molecule has 0 aliphatic carbocycles. The summed E-state index contributed by atoms with van der Waals surface area (Å²) in [5.74, 6) is 0. The fourth-order valence-corrected chi connectivity index (χ4v) is 0.430. The molecule has 0 aromatic carbocycles. The van der Waals surface area contributed by atoms with Crippen LogP contribution < -0.4 is 0 Å². The summed E-state index contributed by atoms with van der Waals surface area (Å²) >= 11 is 0. The summed E-state index contributed by atoms with van der Waals surface area (Å²) in [6.45, 7) is 0. The molecule has 2 nitrogen and oxygen atoms in total.